The molecule has 1 N–H and O–H groups in total. The van der Waals surface area contributed by atoms with Gasteiger partial charge in [-0.3, -0.25) is 4.79 Å². The van der Waals surface area contributed by atoms with Crippen LogP contribution < -0.4 is 15.0 Å². The molecule has 0 unspecified atom stereocenters. The van der Waals surface area contributed by atoms with E-state index in [0.717, 1.165) is 60.1 Å². The van der Waals surface area contributed by atoms with Crippen LogP contribution in [0.3, 0.4) is 0 Å². The lowest BCUT2D eigenvalue weighted by Crippen LogP contribution is -2.30. The molecule has 180 valence electrons. The summed E-state index contributed by atoms with van der Waals surface area (Å²) in [5.74, 6) is 0.595. The number of ether oxygens (including phenoxy) is 1. The van der Waals surface area contributed by atoms with E-state index in [2.05, 4.69) is 17.1 Å². The topological polar surface area (TPSA) is 78.9 Å². The molecule has 0 atom stereocenters. The lowest BCUT2D eigenvalue weighted by atomic mass is 10.1. The summed E-state index contributed by atoms with van der Waals surface area (Å²) in [4.78, 5) is 15.4. The molecule has 1 fully saturated rings. The molecule has 0 spiro atoms. The van der Waals surface area contributed by atoms with Gasteiger partial charge in [0.05, 0.1) is 17.1 Å². The average molecular weight is 474 g/mol. The van der Waals surface area contributed by atoms with Crippen molar-refractivity contribution in [2.75, 3.05) is 45.2 Å². The van der Waals surface area contributed by atoms with Gasteiger partial charge in [-0.25, -0.2) is 12.7 Å². The molecule has 1 aliphatic heterocycles. The van der Waals surface area contributed by atoms with Crippen LogP contribution in [0.5, 0.6) is 5.75 Å². The van der Waals surface area contributed by atoms with E-state index in [1.54, 1.807) is 12.1 Å². The predicted octanol–water partition coefficient (Wildman–Crippen LogP) is 3.69. The molecule has 3 rings (SSSR count). The molecule has 0 aliphatic carbocycles. The van der Waals surface area contributed by atoms with Gasteiger partial charge in [0.1, 0.15) is 5.75 Å². The lowest BCUT2D eigenvalue weighted by molar-refractivity contribution is 0.0954. The molecule has 7 nitrogen and oxygen atoms in total. The maximum atomic E-state index is 13.1. The van der Waals surface area contributed by atoms with Crippen LogP contribution in [-0.2, 0) is 16.4 Å². The fourth-order valence-corrected chi connectivity index (χ4v) is 4.73. The van der Waals surface area contributed by atoms with Gasteiger partial charge < -0.3 is 15.0 Å². The zero-order valence-corrected chi connectivity index (χ0v) is 20.7. The van der Waals surface area contributed by atoms with Crippen molar-refractivity contribution in [3.63, 3.8) is 0 Å². The maximum absolute atomic E-state index is 13.1. The molecule has 0 aromatic heterocycles. The van der Waals surface area contributed by atoms with E-state index >= 15 is 0 Å². The molecular weight excluding hydrogens is 438 g/mol. The summed E-state index contributed by atoms with van der Waals surface area (Å²) in [5, 5.41) is 2.97. The van der Waals surface area contributed by atoms with Crippen molar-refractivity contribution in [2.24, 2.45) is 0 Å². The number of carbonyl (C=O) groups excluding carboxylic acids is 1. The number of anilines is 1. The van der Waals surface area contributed by atoms with Gasteiger partial charge in [0.2, 0.25) is 10.0 Å². The van der Waals surface area contributed by atoms with Crippen LogP contribution in [0.25, 0.3) is 0 Å². The van der Waals surface area contributed by atoms with E-state index in [1.165, 1.54) is 20.2 Å². The average Bonchev–Trinajstić information content (AvgIpc) is 3.34. The summed E-state index contributed by atoms with van der Waals surface area (Å²) < 4.78 is 32.1. The number of sulfonamides is 1. The Balaban J connectivity index is 1.68. The Morgan fingerprint density at radius 2 is 1.79 bits per heavy atom. The summed E-state index contributed by atoms with van der Waals surface area (Å²) in [5.41, 5.74) is 2.29. The lowest BCUT2D eigenvalue weighted by Gasteiger charge is -2.22. The van der Waals surface area contributed by atoms with Crippen LogP contribution in [0.15, 0.2) is 47.4 Å². The maximum Gasteiger partial charge on any atom is 0.253 e. The first-order chi connectivity index (χ1) is 15.8. The van der Waals surface area contributed by atoms with Crippen molar-refractivity contribution >= 4 is 21.6 Å². The number of rotatable bonds is 11. The summed E-state index contributed by atoms with van der Waals surface area (Å²) >= 11 is 0. The molecule has 2 aromatic carbocycles. The Hall–Kier alpha value is -2.58. The van der Waals surface area contributed by atoms with E-state index < -0.39 is 10.0 Å². The number of hydrogen-bond donors (Lipinski definition) is 1. The minimum Gasteiger partial charge on any atom is -0.494 e. The summed E-state index contributed by atoms with van der Waals surface area (Å²) in [6, 6.07) is 12.8. The first-order valence-corrected chi connectivity index (χ1v) is 13.1. The molecule has 33 heavy (non-hydrogen) atoms. The van der Waals surface area contributed by atoms with Crippen LogP contribution in [-0.4, -0.2) is 59.0 Å². The minimum atomic E-state index is -3.63. The smallest absolute Gasteiger partial charge is 0.253 e. The van der Waals surface area contributed by atoms with Crippen molar-refractivity contribution in [3.8, 4) is 5.75 Å². The molecule has 0 saturated carbocycles. The molecule has 0 bridgehead atoms. The number of nitrogens with one attached hydrogen (secondary N) is 1. The van der Waals surface area contributed by atoms with Gasteiger partial charge in [-0.1, -0.05) is 25.5 Å². The summed E-state index contributed by atoms with van der Waals surface area (Å²) in [6.07, 6.45) is 4.94. The Bertz CT molecular complexity index is 1030. The third kappa shape index (κ3) is 6.48. The molecule has 2 aromatic rings. The molecule has 8 heteroatoms. The Morgan fingerprint density at radius 1 is 1.09 bits per heavy atom. The molecule has 1 amide bonds. The zero-order valence-electron chi connectivity index (χ0n) is 19.8. The van der Waals surface area contributed by atoms with Crippen LogP contribution in [0, 0.1) is 0 Å². The fraction of sp³-hybridized carbons (Fsp3) is 0.480. The normalized spacial score (nSPS) is 14.0. The predicted molar refractivity (Wildman–Crippen MR) is 132 cm³/mol. The Kier molecular flexibility index (Phi) is 8.74. The largest absolute Gasteiger partial charge is 0.494 e. The first kappa shape index (κ1) is 25.1. The monoisotopic (exact) mass is 473 g/mol. The first-order valence-electron chi connectivity index (χ1n) is 11.6. The third-order valence-electron chi connectivity index (χ3n) is 5.83. The highest BCUT2D eigenvalue weighted by Gasteiger charge is 2.24. The van der Waals surface area contributed by atoms with Crippen molar-refractivity contribution in [3.05, 3.63) is 53.6 Å². The second kappa shape index (κ2) is 11.5. The SMILES string of the molecule is CCCCOc1ccc(CCNC(=O)c2cc(S(=O)(=O)N(C)C)ccc2N2CCCC2)cc1. The van der Waals surface area contributed by atoms with E-state index in [0.29, 0.717) is 25.1 Å². The molecule has 0 radical (unpaired) electrons. The highest BCUT2D eigenvalue weighted by molar-refractivity contribution is 7.89. The fourth-order valence-electron chi connectivity index (χ4n) is 3.80. The van der Waals surface area contributed by atoms with Gasteiger partial charge >= 0.3 is 0 Å². The quantitative estimate of drug-likeness (QED) is 0.504. The number of nitrogens with zero attached hydrogens (tertiary/aromatic N) is 2. The second-order valence-corrected chi connectivity index (χ2v) is 10.7. The summed E-state index contributed by atoms with van der Waals surface area (Å²) in [7, 11) is -0.647. The van der Waals surface area contributed by atoms with E-state index in [9.17, 15) is 13.2 Å². The van der Waals surface area contributed by atoms with Crippen LogP contribution in [0.1, 0.15) is 48.5 Å². The van der Waals surface area contributed by atoms with Crippen molar-refractivity contribution in [1.29, 1.82) is 0 Å². The standard InChI is InChI=1S/C25H35N3O4S/c1-4-5-18-32-21-10-8-20(9-11-21)14-15-26-25(29)23-19-22(33(30,31)27(2)3)12-13-24(23)28-16-6-7-17-28/h8-13,19H,4-7,14-18H2,1-3H3,(H,26,29). The Labute approximate surface area is 197 Å². The third-order valence-corrected chi connectivity index (χ3v) is 7.64. The van der Waals surface area contributed by atoms with E-state index in [4.69, 9.17) is 4.74 Å². The number of unbranched alkanes of at least 4 members (excludes halogenated alkanes) is 1. The molecular formula is C25H35N3O4S. The second-order valence-electron chi connectivity index (χ2n) is 8.51. The number of amides is 1. The summed E-state index contributed by atoms with van der Waals surface area (Å²) in [6.45, 7) is 5.04. The van der Waals surface area contributed by atoms with Crippen molar-refractivity contribution in [2.45, 2.75) is 43.9 Å². The highest BCUT2D eigenvalue weighted by atomic mass is 32.2. The Morgan fingerprint density at radius 3 is 2.42 bits per heavy atom. The van der Waals surface area contributed by atoms with Crippen LogP contribution >= 0.6 is 0 Å². The van der Waals surface area contributed by atoms with Crippen LogP contribution in [0.4, 0.5) is 5.69 Å². The number of carbonyl (C=O) groups is 1. The van der Waals surface area contributed by atoms with E-state index in [-0.39, 0.29) is 10.8 Å². The van der Waals surface area contributed by atoms with Gasteiger partial charge in [-0.15, -0.1) is 0 Å². The van der Waals surface area contributed by atoms with Gasteiger partial charge in [0.25, 0.3) is 5.91 Å². The van der Waals surface area contributed by atoms with Crippen molar-refractivity contribution < 1.29 is 17.9 Å². The van der Waals surface area contributed by atoms with Crippen LogP contribution in [0.2, 0.25) is 0 Å². The van der Waals surface area contributed by atoms with Gasteiger partial charge in [-0.2, -0.15) is 0 Å². The van der Waals surface area contributed by atoms with Gasteiger partial charge in [-0.05, 0) is 61.6 Å². The number of hydrogen-bond acceptors (Lipinski definition) is 5. The molecule has 1 aliphatic rings. The van der Waals surface area contributed by atoms with Crippen molar-refractivity contribution in [1.82, 2.24) is 9.62 Å². The van der Waals surface area contributed by atoms with Gasteiger partial charge in [0, 0.05) is 39.4 Å². The minimum absolute atomic E-state index is 0.124. The molecule has 1 heterocycles. The highest BCUT2D eigenvalue weighted by Crippen LogP contribution is 2.28. The number of benzene rings is 2. The van der Waals surface area contributed by atoms with Gasteiger partial charge in [0.15, 0.2) is 0 Å². The van der Waals surface area contributed by atoms with E-state index in [1.807, 2.05) is 24.3 Å². The molecule has 1 saturated heterocycles. The zero-order chi connectivity index (χ0) is 23.8.